The van der Waals surface area contributed by atoms with E-state index in [9.17, 15) is 0 Å². The second kappa shape index (κ2) is 3.73. The first-order valence-corrected chi connectivity index (χ1v) is 5.26. The number of aromatic nitrogens is 2. The van der Waals surface area contributed by atoms with Crippen molar-refractivity contribution in [3.8, 4) is 6.01 Å². The molecule has 0 saturated heterocycles. The number of nitrogens with zero attached hydrogens (tertiary/aromatic N) is 2. The van der Waals surface area contributed by atoms with Crippen LogP contribution >= 0.6 is 11.6 Å². The van der Waals surface area contributed by atoms with E-state index in [4.69, 9.17) is 16.3 Å². The van der Waals surface area contributed by atoms with Gasteiger partial charge in [0, 0.05) is 5.56 Å². The molecule has 3 nitrogen and oxygen atoms in total. The minimum atomic E-state index is 0.0884. The van der Waals surface area contributed by atoms with Gasteiger partial charge in [0.05, 0.1) is 11.8 Å². The number of rotatable bonds is 2. The summed E-state index contributed by atoms with van der Waals surface area (Å²) < 4.78 is 5.41. The van der Waals surface area contributed by atoms with Crippen LogP contribution in [0.15, 0.2) is 0 Å². The van der Waals surface area contributed by atoms with E-state index in [2.05, 4.69) is 9.97 Å². The second-order valence-corrected chi connectivity index (χ2v) is 4.10. The van der Waals surface area contributed by atoms with Crippen molar-refractivity contribution in [2.75, 3.05) is 0 Å². The summed E-state index contributed by atoms with van der Waals surface area (Å²) in [6.45, 7) is 3.90. The quantitative estimate of drug-likeness (QED) is 0.707. The summed E-state index contributed by atoms with van der Waals surface area (Å²) in [6, 6.07) is 0.408. The van der Waals surface area contributed by atoms with Gasteiger partial charge in [-0.2, -0.15) is 9.97 Å². The standard InChI is InChI=1S/C10H13ClN2O/c1-6(2)14-10-12-8-5-3-4-7(8)9(11)13-10/h6H,3-5H2,1-2H3. The third-order valence-electron chi connectivity index (χ3n) is 2.20. The van der Waals surface area contributed by atoms with Crippen molar-refractivity contribution in [1.82, 2.24) is 9.97 Å². The highest BCUT2D eigenvalue weighted by Crippen LogP contribution is 2.27. The molecule has 14 heavy (non-hydrogen) atoms. The highest BCUT2D eigenvalue weighted by Gasteiger charge is 2.18. The molecule has 0 N–H and O–H groups in total. The molecule has 0 spiro atoms. The van der Waals surface area contributed by atoms with Gasteiger partial charge in [0.25, 0.3) is 0 Å². The predicted molar refractivity (Wildman–Crippen MR) is 54.8 cm³/mol. The molecule has 2 rings (SSSR count). The Kier molecular flexibility index (Phi) is 2.59. The van der Waals surface area contributed by atoms with Gasteiger partial charge in [0.15, 0.2) is 0 Å². The molecule has 1 aromatic heterocycles. The summed E-state index contributed by atoms with van der Waals surface area (Å²) in [6.07, 6.45) is 3.20. The Morgan fingerprint density at radius 3 is 2.79 bits per heavy atom. The van der Waals surface area contributed by atoms with E-state index < -0.39 is 0 Å². The van der Waals surface area contributed by atoms with E-state index in [0.717, 1.165) is 30.5 Å². The Bertz CT molecular complexity index is 352. The Morgan fingerprint density at radius 1 is 1.29 bits per heavy atom. The van der Waals surface area contributed by atoms with E-state index >= 15 is 0 Å². The lowest BCUT2D eigenvalue weighted by Crippen LogP contribution is -2.09. The van der Waals surface area contributed by atoms with Gasteiger partial charge in [-0.25, -0.2) is 0 Å². The first-order valence-electron chi connectivity index (χ1n) is 4.89. The van der Waals surface area contributed by atoms with Crippen LogP contribution in [0, 0.1) is 0 Å². The van der Waals surface area contributed by atoms with Crippen molar-refractivity contribution in [3.63, 3.8) is 0 Å². The number of hydrogen-bond acceptors (Lipinski definition) is 3. The minimum Gasteiger partial charge on any atom is -0.461 e. The zero-order valence-electron chi connectivity index (χ0n) is 8.38. The first kappa shape index (κ1) is 9.71. The third-order valence-corrected chi connectivity index (χ3v) is 2.52. The van der Waals surface area contributed by atoms with Gasteiger partial charge in [-0.3, -0.25) is 0 Å². The van der Waals surface area contributed by atoms with Gasteiger partial charge < -0.3 is 4.74 Å². The smallest absolute Gasteiger partial charge is 0.318 e. The fourth-order valence-corrected chi connectivity index (χ4v) is 1.90. The van der Waals surface area contributed by atoms with Gasteiger partial charge >= 0.3 is 6.01 Å². The van der Waals surface area contributed by atoms with Crippen LogP contribution in [0.4, 0.5) is 0 Å². The van der Waals surface area contributed by atoms with Crippen molar-refractivity contribution in [1.29, 1.82) is 0 Å². The van der Waals surface area contributed by atoms with Crippen molar-refractivity contribution in [2.45, 2.75) is 39.2 Å². The topological polar surface area (TPSA) is 35.0 Å². The molecular formula is C10H13ClN2O. The van der Waals surface area contributed by atoms with Crippen molar-refractivity contribution in [3.05, 3.63) is 16.4 Å². The molecule has 1 aliphatic rings. The number of aryl methyl sites for hydroxylation is 1. The molecule has 0 amide bonds. The number of hydrogen-bond donors (Lipinski definition) is 0. The van der Waals surface area contributed by atoms with Crippen molar-refractivity contribution < 1.29 is 4.74 Å². The molecular weight excluding hydrogens is 200 g/mol. The Labute approximate surface area is 88.5 Å². The molecule has 1 aromatic rings. The lowest BCUT2D eigenvalue weighted by Gasteiger charge is -2.09. The van der Waals surface area contributed by atoms with Gasteiger partial charge in [-0.1, -0.05) is 11.6 Å². The van der Waals surface area contributed by atoms with Gasteiger partial charge in [-0.05, 0) is 33.1 Å². The van der Waals surface area contributed by atoms with Gasteiger partial charge in [0.2, 0.25) is 0 Å². The molecule has 0 bridgehead atoms. The number of halogens is 1. The molecule has 0 atom stereocenters. The highest BCUT2D eigenvalue weighted by atomic mass is 35.5. The van der Waals surface area contributed by atoms with Crippen LogP contribution in [0.25, 0.3) is 0 Å². The fraction of sp³-hybridized carbons (Fsp3) is 0.600. The van der Waals surface area contributed by atoms with Crippen LogP contribution in [0.5, 0.6) is 6.01 Å². The Balaban J connectivity index is 2.32. The molecule has 1 aliphatic carbocycles. The van der Waals surface area contributed by atoms with E-state index in [0.29, 0.717) is 11.2 Å². The Hall–Kier alpha value is -0.830. The van der Waals surface area contributed by atoms with Crippen LogP contribution in [0.1, 0.15) is 31.5 Å². The minimum absolute atomic E-state index is 0.0884. The van der Waals surface area contributed by atoms with Crippen LogP contribution in [-0.2, 0) is 12.8 Å². The zero-order valence-corrected chi connectivity index (χ0v) is 9.14. The third kappa shape index (κ3) is 1.82. The summed E-state index contributed by atoms with van der Waals surface area (Å²) in [7, 11) is 0. The number of fused-ring (bicyclic) bond motifs is 1. The maximum Gasteiger partial charge on any atom is 0.318 e. The normalized spacial score (nSPS) is 14.6. The zero-order chi connectivity index (χ0) is 10.1. The molecule has 0 saturated carbocycles. The largest absolute Gasteiger partial charge is 0.461 e. The molecule has 0 aromatic carbocycles. The molecule has 76 valence electrons. The maximum absolute atomic E-state index is 6.03. The van der Waals surface area contributed by atoms with Crippen LogP contribution in [0.2, 0.25) is 5.15 Å². The van der Waals surface area contributed by atoms with E-state index in [1.54, 1.807) is 0 Å². The SMILES string of the molecule is CC(C)Oc1nc(Cl)c2c(n1)CCC2. The van der Waals surface area contributed by atoms with Crippen LogP contribution in [0.3, 0.4) is 0 Å². The first-order chi connectivity index (χ1) is 6.66. The fourth-order valence-electron chi connectivity index (χ4n) is 1.63. The predicted octanol–water partition coefficient (Wildman–Crippen LogP) is 2.41. The lowest BCUT2D eigenvalue weighted by molar-refractivity contribution is 0.221. The molecule has 0 radical (unpaired) electrons. The summed E-state index contributed by atoms with van der Waals surface area (Å²) >= 11 is 6.03. The monoisotopic (exact) mass is 212 g/mol. The lowest BCUT2D eigenvalue weighted by atomic mass is 10.3. The second-order valence-electron chi connectivity index (χ2n) is 3.74. The van der Waals surface area contributed by atoms with Crippen molar-refractivity contribution in [2.24, 2.45) is 0 Å². The van der Waals surface area contributed by atoms with Crippen molar-refractivity contribution >= 4 is 11.6 Å². The number of ether oxygens (including phenoxy) is 1. The summed E-state index contributed by atoms with van der Waals surface area (Å²) in [4.78, 5) is 8.45. The molecule has 0 fully saturated rings. The van der Waals surface area contributed by atoms with Gasteiger partial charge in [0.1, 0.15) is 5.15 Å². The van der Waals surface area contributed by atoms with E-state index in [-0.39, 0.29) is 6.10 Å². The Morgan fingerprint density at radius 2 is 2.07 bits per heavy atom. The molecule has 1 heterocycles. The van der Waals surface area contributed by atoms with Crippen LogP contribution in [-0.4, -0.2) is 16.1 Å². The summed E-state index contributed by atoms with van der Waals surface area (Å²) in [5.74, 6) is 0. The summed E-state index contributed by atoms with van der Waals surface area (Å²) in [5.41, 5.74) is 2.16. The maximum atomic E-state index is 6.03. The average molecular weight is 213 g/mol. The molecule has 0 aliphatic heterocycles. The summed E-state index contributed by atoms with van der Waals surface area (Å²) in [5, 5.41) is 0.558. The van der Waals surface area contributed by atoms with Gasteiger partial charge in [-0.15, -0.1) is 0 Å². The van der Waals surface area contributed by atoms with E-state index in [1.165, 1.54) is 0 Å². The average Bonchev–Trinajstić information content (AvgIpc) is 2.50. The van der Waals surface area contributed by atoms with Crippen LogP contribution < -0.4 is 4.74 Å². The molecule has 4 heteroatoms. The molecule has 0 unspecified atom stereocenters. The highest BCUT2D eigenvalue weighted by molar-refractivity contribution is 6.30. The van der Waals surface area contributed by atoms with E-state index in [1.807, 2.05) is 13.8 Å².